The van der Waals surface area contributed by atoms with Crippen LogP contribution in [0.25, 0.3) is 0 Å². The minimum Gasteiger partial charge on any atom is -0.462 e. The third kappa shape index (κ3) is 5.63. The van der Waals surface area contributed by atoms with Gasteiger partial charge in [-0.15, -0.1) is 11.8 Å². The molecule has 2 aromatic rings. The highest BCUT2D eigenvalue weighted by atomic mass is 32.2. The Morgan fingerprint density at radius 1 is 1.10 bits per heavy atom. The van der Waals surface area contributed by atoms with Crippen LogP contribution in [0.4, 0.5) is 16.3 Å². The first kappa shape index (κ1) is 21.0. The second-order valence-corrected chi connectivity index (χ2v) is 7.49. The Balaban J connectivity index is 1.56. The molecule has 8 heteroatoms. The largest absolute Gasteiger partial charge is 0.462 e. The van der Waals surface area contributed by atoms with E-state index in [1.807, 2.05) is 41.5 Å². The third-order valence-electron chi connectivity index (χ3n) is 4.71. The number of carbonyl (C=O) groups is 2. The maximum absolute atomic E-state index is 12.6. The molecule has 1 N–H and O–H groups in total. The number of anilines is 2. The van der Waals surface area contributed by atoms with E-state index in [0.29, 0.717) is 31.8 Å². The van der Waals surface area contributed by atoms with E-state index < -0.39 is 0 Å². The number of ether oxygens (including phenoxy) is 1. The van der Waals surface area contributed by atoms with E-state index in [0.717, 1.165) is 29.4 Å². The number of amides is 2. The average Bonchev–Trinajstić information content (AvgIpc) is 3.01. The van der Waals surface area contributed by atoms with Crippen molar-refractivity contribution in [3.63, 3.8) is 0 Å². The Morgan fingerprint density at radius 2 is 1.90 bits per heavy atom. The standard InChI is InChI=1S/C21H26N4O3S/c1-3-28-20(26)16-5-10-19(22-15-16)24-11-4-12-25(14-13-24)21(27)23-17-6-8-18(29-2)9-7-17/h5-10,15H,3-4,11-14H2,1-2H3,(H,23,27). The van der Waals surface area contributed by atoms with E-state index in [1.54, 1.807) is 30.9 Å². The van der Waals surface area contributed by atoms with Gasteiger partial charge in [-0.3, -0.25) is 0 Å². The number of nitrogens with one attached hydrogen (secondary N) is 1. The van der Waals surface area contributed by atoms with Gasteiger partial charge in [-0.2, -0.15) is 0 Å². The van der Waals surface area contributed by atoms with Gasteiger partial charge in [-0.25, -0.2) is 14.6 Å². The fourth-order valence-corrected chi connectivity index (χ4v) is 3.54. The number of aromatic nitrogens is 1. The molecule has 29 heavy (non-hydrogen) atoms. The van der Waals surface area contributed by atoms with Crippen LogP contribution >= 0.6 is 11.8 Å². The maximum Gasteiger partial charge on any atom is 0.339 e. The van der Waals surface area contributed by atoms with E-state index in [1.165, 1.54) is 0 Å². The van der Waals surface area contributed by atoms with Crippen LogP contribution in [-0.4, -0.2) is 60.9 Å². The zero-order valence-electron chi connectivity index (χ0n) is 16.8. The predicted octanol–water partition coefficient (Wildman–Crippen LogP) is 3.72. The highest BCUT2D eigenvalue weighted by Crippen LogP contribution is 2.19. The Bertz CT molecular complexity index is 827. The number of esters is 1. The van der Waals surface area contributed by atoms with Gasteiger partial charge in [0.2, 0.25) is 0 Å². The van der Waals surface area contributed by atoms with Crippen molar-refractivity contribution in [3.8, 4) is 0 Å². The summed E-state index contributed by atoms with van der Waals surface area (Å²) in [6.45, 7) is 4.90. The molecule has 0 aliphatic carbocycles. The summed E-state index contributed by atoms with van der Waals surface area (Å²) in [6, 6.07) is 11.3. The first-order chi connectivity index (χ1) is 14.1. The van der Waals surface area contributed by atoms with E-state index in [4.69, 9.17) is 4.74 Å². The molecule has 7 nitrogen and oxygen atoms in total. The molecule has 2 heterocycles. The minimum absolute atomic E-state index is 0.0885. The first-order valence-electron chi connectivity index (χ1n) is 9.69. The van der Waals surface area contributed by atoms with Crippen molar-refractivity contribution in [2.24, 2.45) is 0 Å². The number of benzene rings is 1. The van der Waals surface area contributed by atoms with E-state index in [2.05, 4.69) is 15.2 Å². The van der Waals surface area contributed by atoms with Crippen molar-refractivity contribution in [3.05, 3.63) is 48.2 Å². The molecule has 0 radical (unpaired) electrons. The fourth-order valence-electron chi connectivity index (χ4n) is 3.13. The topological polar surface area (TPSA) is 74.8 Å². The number of urea groups is 1. The van der Waals surface area contributed by atoms with Crippen LogP contribution in [0.15, 0.2) is 47.5 Å². The Labute approximate surface area is 175 Å². The summed E-state index contributed by atoms with van der Waals surface area (Å²) in [6.07, 6.45) is 4.41. The number of nitrogens with zero attached hydrogens (tertiary/aromatic N) is 3. The molecule has 154 valence electrons. The van der Waals surface area contributed by atoms with Gasteiger partial charge in [0.1, 0.15) is 5.82 Å². The zero-order valence-corrected chi connectivity index (χ0v) is 17.6. The lowest BCUT2D eigenvalue weighted by Crippen LogP contribution is -2.38. The predicted molar refractivity (Wildman–Crippen MR) is 116 cm³/mol. The highest BCUT2D eigenvalue weighted by Gasteiger charge is 2.20. The van der Waals surface area contributed by atoms with Crippen LogP contribution in [0.2, 0.25) is 0 Å². The molecule has 0 saturated carbocycles. The van der Waals surface area contributed by atoms with Crippen molar-refractivity contribution in [1.82, 2.24) is 9.88 Å². The van der Waals surface area contributed by atoms with E-state index in [9.17, 15) is 9.59 Å². The van der Waals surface area contributed by atoms with Gasteiger partial charge in [0.05, 0.1) is 12.2 Å². The third-order valence-corrected chi connectivity index (χ3v) is 5.45. The quantitative estimate of drug-likeness (QED) is 0.594. The molecule has 1 aliphatic heterocycles. The van der Waals surface area contributed by atoms with Gasteiger partial charge in [-0.05, 0) is 56.0 Å². The molecule has 1 saturated heterocycles. The first-order valence-corrected chi connectivity index (χ1v) is 10.9. The van der Waals surface area contributed by atoms with Crippen LogP contribution in [0.1, 0.15) is 23.7 Å². The lowest BCUT2D eigenvalue weighted by Gasteiger charge is -2.23. The number of thioether (sulfide) groups is 1. The number of pyridine rings is 1. The molecule has 1 aromatic heterocycles. The van der Waals surface area contributed by atoms with Crippen molar-refractivity contribution < 1.29 is 14.3 Å². The minimum atomic E-state index is -0.365. The van der Waals surface area contributed by atoms with Crippen molar-refractivity contribution >= 4 is 35.3 Å². The number of carbonyl (C=O) groups excluding carboxylic acids is 2. The summed E-state index contributed by atoms with van der Waals surface area (Å²) in [5, 5.41) is 2.97. The molecule has 0 spiro atoms. The second kappa shape index (κ2) is 10.2. The van der Waals surface area contributed by atoms with Crippen molar-refractivity contribution in [1.29, 1.82) is 0 Å². The molecule has 0 bridgehead atoms. The molecular weight excluding hydrogens is 388 g/mol. The van der Waals surface area contributed by atoms with Gasteiger partial charge < -0.3 is 19.9 Å². The summed E-state index contributed by atoms with van der Waals surface area (Å²) in [5.41, 5.74) is 1.24. The molecule has 1 aromatic carbocycles. The number of hydrogen-bond acceptors (Lipinski definition) is 6. The summed E-state index contributed by atoms with van der Waals surface area (Å²) in [4.78, 5) is 33.9. The van der Waals surface area contributed by atoms with Gasteiger partial charge >= 0.3 is 12.0 Å². The van der Waals surface area contributed by atoms with Gasteiger partial charge in [0.25, 0.3) is 0 Å². The Morgan fingerprint density at radius 3 is 2.55 bits per heavy atom. The van der Waals surface area contributed by atoms with Gasteiger partial charge in [0.15, 0.2) is 0 Å². The lowest BCUT2D eigenvalue weighted by atomic mass is 10.2. The molecule has 2 amide bonds. The van der Waals surface area contributed by atoms with Crippen LogP contribution in [0.3, 0.4) is 0 Å². The normalized spacial score (nSPS) is 14.3. The van der Waals surface area contributed by atoms with Crippen LogP contribution < -0.4 is 10.2 Å². The SMILES string of the molecule is CCOC(=O)c1ccc(N2CCCN(C(=O)Nc3ccc(SC)cc3)CC2)nc1. The van der Waals surface area contributed by atoms with Gasteiger partial charge in [0, 0.05) is 43.0 Å². The van der Waals surface area contributed by atoms with E-state index >= 15 is 0 Å². The monoisotopic (exact) mass is 414 g/mol. The van der Waals surface area contributed by atoms with Crippen LogP contribution in [0, 0.1) is 0 Å². The van der Waals surface area contributed by atoms with Crippen molar-refractivity contribution in [2.45, 2.75) is 18.2 Å². The summed E-state index contributed by atoms with van der Waals surface area (Å²) in [5.74, 6) is 0.434. The Hall–Kier alpha value is -2.74. The molecule has 1 aliphatic rings. The highest BCUT2D eigenvalue weighted by molar-refractivity contribution is 7.98. The molecular formula is C21H26N4O3S. The zero-order chi connectivity index (χ0) is 20.6. The molecule has 1 fully saturated rings. The number of hydrogen-bond donors (Lipinski definition) is 1. The fraction of sp³-hybridized carbons (Fsp3) is 0.381. The van der Waals surface area contributed by atoms with Crippen LogP contribution in [-0.2, 0) is 4.74 Å². The average molecular weight is 415 g/mol. The second-order valence-electron chi connectivity index (χ2n) is 6.61. The lowest BCUT2D eigenvalue weighted by molar-refractivity contribution is 0.0526. The number of rotatable bonds is 5. The molecule has 0 unspecified atom stereocenters. The summed E-state index contributed by atoms with van der Waals surface area (Å²) >= 11 is 1.67. The van der Waals surface area contributed by atoms with Crippen molar-refractivity contribution in [2.75, 3.05) is 49.3 Å². The summed E-state index contributed by atoms with van der Waals surface area (Å²) < 4.78 is 4.99. The van der Waals surface area contributed by atoms with Gasteiger partial charge in [-0.1, -0.05) is 0 Å². The molecule has 0 atom stereocenters. The van der Waals surface area contributed by atoms with Crippen LogP contribution in [0.5, 0.6) is 0 Å². The van der Waals surface area contributed by atoms with E-state index in [-0.39, 0.29) is 12.0 Å². The molecule has 3 rings (SSSR count). The smallest absolute Gasteiger partial charge is 0.339 e. The maximum atomic E-state index is 12.6. The Kier molecular flexibility index (Phi) is 7.35. The summed E-state index contributed by atoms with van der Waals surface area (Å²) in [7, 11) is 0.